The molecule has 0 saturated carbocycles. The third kappa shape index (κ3) is 3.71. The summed E-state index contributed by atoms with van der Waals surface area (Å²) in [5.41, 5.74) is 2.84. The molecule has 0 aliphatic carbocycles. The van der Waals surface area contributed by atoms with E-state index in [-0.39, 0.29) is 17.7 Å². The Kier molecular flexibility index (Phi) is 4.85. The number of rotatable bonds is 5. The lowest BCUT2D eigenvalue weighted by molar-refractivity contribution is -0.126. The van der Waals surface area contributed by atoms with Crippen molar-refractivity contribution < 1.29 is 9.59 Å². The lowest BCUT2D eigenvalue weighted by atomic mass is 10.0. The van der Waals surface area contributed by atoms with Crippen LogP contribution in [0, 0.1) is 5.92 Å². The monoisotopic (exact) mass is 356 g/mol. The zero-order valence-corrected chi connectivity index (χ0v) is 15.1. The fraction of sp³-hybridized carbons (Fsp3) is 0.278. The molecule has 0 saturated heterocycles. The van der Waals surface area contributed by atoms with Gasteiger partial charge in [0.15, 0.2) is 5.13 Å². The molecule has 25 heavy (non-hydrogen) atoms. The van der Waals surface area contributed by atoms with E-state index in [1.165, 1.54) is 18.3 Å². The van der Waals surface area contributed by atoms with Crippen molar-refractivity contribution in [1.82, 2.24) is 15.3 Å². The molecule has 3 rings (SSSR count). The summed E-state index contributed by atoms with van der Waals surface area (Å²) < 4.78 is 0. The SMILES string of the molecule is CC(=O)NC(C(=O)Nc1nc(-c2c[nH]c3ccccc23)cs1)C(C)C. The van der Waals surface area contributed by atoms with Gasteiger partial charge in [-0.1, -0.05) is 32.0 Å². The number of hydrogen-bond acceptors (Lipinski definition) is 4. The van der Waals surface area contributed by atoms with Gasteiger partial charge in [0.05, 0.1) is 5.69 Å². The minimum atomic E-state index is -0.585. The van der Waals surface area contributed by atoms with Gasteiger partial charge in [-0.05, 0) is 12.0 Å². The first-order chi connectivity index (χ1) is 12.0. The summed E-state index contributed by atoms with van der Waals surface area (Å²) in [5.74, 6) is -0.505. The van der Waals surface area contributed by atoms with Crippen LogP contribution in [0.4, 0.5) is 5.13 Å². The predicted molar refractivity (Wildman–Crippen MR) is 100 cm³/mol. The number of amides is 2. The van der Waals surface area contributed by atoms with E-state index in [9.17, 15) is 9.59 Å². The molecule has 3 aromatic rings. The van der Waals surface area contributed by atoms with E-state index in [1.807, 2.05) is 49.7 Å². The highest BCUT2D eigenvalue weighted by Gasteiger charge is 2.24. The number of nitrogens with one attached hydrogen (secondary N) is 3. The van der Waals surface area contributed by atoms with Crippen LogP contribution in [0.1, 0.15) is 20.8 Å². The maximum atomic E-state index is 12.4. The van der Waals surface area contributed by atoms with E-state index in [0.717, 1.165) is 22.2 Å². The Balaban J connectivity index is 1.79. The standard InChI is InChI=1S/C18H20N4O2S/c1-10(2)16(20-11(3)23)17(24)22-18-21-15(9-25-18)13-8-19-14-7-5-4-6-12(13)14/h4-10,16,19H,1-3H3,(H,20,23)(H,21,22,24). The third-order valence-electron chi connectivity index (χ3n) is 3.91. The lowest BCUT2D eigenvalue weighted by Crippen LogP contribution is -2.46. The summed E-state index contributed by atoms with van der Waals surface area (Å²) >= 11 is 1.36. The molecule has 1 aromatic carbocycles. The molecule has 0 aliphatic heterocycles. The van der Waals surface area contributed by atoms with Gasteiger partial charge in [-0.2, -0.15) is 0 Å². The van der Waals surface area contributed by atoms with E-state index in [0.29, 0.717) is 5.13 Å². The van der Waals surface area contributed by atoms with Crippen LogP contribution in [0.5, 0.6) is 0 Å². The Bertz CT molecular complexity index is 913. The number of fused-ring (bicyclic) bond motifs is 1. The van der Waals surface area contributed by atoms with Crippen molar-refractivity contribution in [2.45, 2.75) is 26.8 Å². The summed E-state index contributed by atoms with van der Waals surface area (Å²) in [4.78, 5) is 31.5. The van der Waals surface area contributed by atoms with Gasteiger partial charge in [0.25, 0.3) is 0 Å². The number of H-pyrrole nitrogens is 1. The van der Waals surface area contributed by atoms with Gasteiger partial charge >= 0.3 is 0 Å². The number of hydrogen-bond donors (Lipinski definition) is 3. The van der Waals surface area contributed by atoms with E-state index in [1.54, 1.807) is 0 Å². The Morgan fingerprint density at radius 3 is 2.72 bits per heavy atom. The number of carbonyl (C=O) groups is 2. The fourth-order valence-corrected chi connectivity index (χ4v) is 3.39. The molecule has 0 bridgehead atoms. The Morgan fingerprint density at radius 1 is 1.24 bits per heavy atom. The zero-order chi connectivity index (χ0) is 18.0. The van der Waals surface area contributed by atoms with Crippen molar-refractivity contribution >= 4 is 39.2 Å². The topological polar surface area (TPSA) is 86.9 Å². The average molecular weight is 356 g/mol. The number of thiazole rings is 1. The van der Waals surface area contributed by atoms with Crippen molar-refractivity contribution in [3.63, 3.8) is 0 Å². The van der Waals surface area contributed by atoms with Crippen LogP contribution in [-0.4, -0.2) is 27.8 Å². The molecule has 1 unspecified atom stereocenters. The Morgan fingerprint density at radius 2 is 2.00 bits per heavy atom. The van der Waals surface area contributed by atoms with Gasteiger partial charge < -0.3 is 15.6 Å². The maximum Gasteiger partial charge on any atom is 0.248 e. The quantitative estimate of drug-likeness (QED) is 0.655. The van der Waals surface area contributed by atoms with Gasteiger partial charge in [0, 0.05) is 35.0 Å². The first kappa shape index (κ1) is 17.2. The van der Waals surface area contributed by atoms with Crippen LogP contribution in [0.2, 0.25) is 0 Å². The molecule has 130 valence electrons. The van der Waals surface area contributed by atoms with E-state index < -0.39 is 6.04 Å². The van der Waals surface area contributed by atoms with E-state index >= 15 is 0 Å². The van der Waals surface area contributed by atoms with Gasteiger partial charge in [0.2, 0.25) is 11.8 Å². The fourth-order valence-electron chi connectivity index (χ4n) is 2.68. The molecule has 0 spiro atoms. The summed E-state index contributed by atoms with van der Waals surface area (Å²) in [6.07, 6.45) is 1.92. The average Bonchev–Trinajstić information content (AvgIpc) is 3.18. The molecule has 0 radical (unpaired) electrons. The maximum absolute atomic E-state index is 12.4. The molecule has 1 atom stereocenters. The smallest absolute Gasteiger partial charge is 0.248 e. The number of aromatic amines is 1. The predicted octanol–water partition coefficient (Wildman–Crippen LogP) is 3.39. The van der Waals surface area contributed by atoms with Crippen LogP contribution in [0.25, 0.3) is 22.2 Å². The van der Waals surface area contributed by atoms with Gasteiger partial charge in [-0.15, -0.1) is 11.3 Å². The molecule has 3 N–H and O–H groups in total. The first-order valence-corrected chi connectivity index (χ1v) is 8.93. The van der Waals surface area contributed by atoms with Crippen LogP contribution < -0.4 is 10.6 Å². The van der Waals surface area contributed by atoms with Gasteiger partial charge in [0.1, 0.15) is 6.04 Å². The Labute approximate surface area is 149 Å². The minimum absolute atomic E-state index is 0.0167. The summed E-state index contributed by atoms with van der Waals surface area (Å²) in [6.45, 7) is 5.18. The number of benzene rings is 1. The number of para-hydroxylation sites is 1. The second kappa shape index (κ2) is 7.06. The number of anilines is 1. The molecule has 0 aliphatic rings. The van der Waals surface area contributed by atoms with Crippen LogP contribution in [0.3, 0.4) is 0 Å². The highest BCUT2D eigenvalue weighted by atomic mass is 32.1. The van der Waals surface area contributed by atoms with Crippen LogP contribution in [0.15, 0.2) is 35.8 Å². The minimum Gasteiger partial charge on any atom is -0.360 e. The van der Waals surface area contributed by atoms with E-state index in [4.69, 9.17) is 0 Å². The molecule has 6 nitrogen and oxygen atoms in total. The number of nitrogens with zero attached hydrogens (tertiary/aromatic N) is 1. The molecule has 2 aromatic heterocycles. The van der Waals surface area contributed by atoms with Crippen molar-refractivity contribution in [2.75, 3.05) is 5.32 Å². The third-order valence-corrected chi connectivity index (χ3v) is 4.67. The highest BCUT2D eigenvalue weighted by Crippen LogP contribution is 2.31. The first-order valence-electron chi connectivity index (χ1n) is 8.05. The van der Waals surface area contributed by atoms with Crippen molar-refractivity contribution in [2.24, 2.45) is 5.92 Å². The van der Waals surface area contributed by atoms with Gasteiger partial charge in [-0.3, -0.25) is 9.59 Å². The molecule has 2 heterocycles. The summed E-state index contributed by atoms with van der Waals surface area (Å²) in [6, 6.07) is 7.41. The largest absolute Gasteiger partial charge is 0.360 e. The lowest BCUT2D eigenvalue weighted by Gasteiger charge is -2.20. The Hall–Kier alpha value is -2.67. The van der Waals surface area contributed by atoms with Crippen LogP contribution in [-0.2, 0) is 9.59 Å². The van der Waals surface area contributed by atoms with Crippen molar-refractivity contribution in [3.05, 3.63) is 35.8 Å². The second-order valence-electron chi connectivity index (χ2n) is 6.20. The summed E-state index contributed by atoms with van der Waals surface area (Å²) in [5, 5.41) is 8.99. The molecule has 2 amide bonds. The molecule has 7 heteroatoms. The normalized spacial score (nSPS) is 12.3. The summed E-state index contributed by atoms with van der Waals surface area (Å²) in [7, 11) is 0. The second-order valence-corrected chi connectivity index (χ2v) is 7.06. The van der Waals surface area contributed by atoms with Crippen molar-refractivity contribution in [3.8, 4) is 11.3 Å². The highest BCUT2D eigenvalue weighted by molar-refractivity contribution is 7.14. The molecule has 0 fully saturated rings. The van der Waals surface area contributed by atoms with E-state index in [2.05, 4.69) is 20.6 Å². The molecular formula is C18H20N4O2S. The number of carbonyl (C=O) groups excluding carboxylic acids is 2. The zero-order valence-electron chi connectivity index (χ0n) is 14.3. The molecular weight excluding hydrogens is 336 g/mol. The van der Waals surface area contributed by atoms with Gasteiger partial charge in [-0.25, -0.2) is 4.98 Å². The van der Waals surface area contributed by atoms with Crippen LogP contribution >= 0.6 is 11.3 Å². The van der Waals surface area contributed by atoms with Crippen molar-refractivity contribution in [1.29, 1.82) is 0 Å². The number of aromatic nitrogens is 2.